The summed E-state index contributed by atoms with van der Waals surface area (Å²) in [6.45, 7) is 8.43. The minimum atomic E-state index is -1.25. The maximum Gasteiger partial charge on any atom is 0.335 e. The van der Waals surface area contributed by atoms with E-state index in [0.717, 1.165) is 17.1 Å². The molecule has 0 atom stereocenters. The number of carboxylic acid groups (broad SMARTS) is 1. The highest BCUT2D eigenvalue weighted by Crippen LogP contribution is 2.33. The lowest BCUT2D eigenvalue weighted by molar-refractivity contribution is -0.138. The fourth-order valence-electron chi connectivity index (χ4n) is 7.83. The molecular formula is C46H51N13O10. The first-order valence-electron chi connectivity index (χ1n) is 21.9. The third-order valence-corrected chi connectivity index (χ3v) is 11.2. The number of imide groups is 1. The number of aromatic nitrogens is 8. The monoisotopic (exact) mass is 945 g/mol. The largest absolute Gasteiger partial charge is 0.494 e. The smallest absolute Gasteiger partial charge is 0.335 e. The number of methoxy groups -OCH3 is 1. The molecule has 0 unspecified atom stereocenters. The minimum Gasteiger partial charge on any atom is -0.494 e. The first kappa shape index (κ1) is 48.3. The number of carbonyl (C=O) groups excluding carboxylic acids is 6. The summed E-state index contributed by atoms with van der Waals surface area (Å²) in [7, 11) is 3.01. The van der Waals surface area contributed by atoms with Gasteiger partial charge in [0.25, 0.3) is 23.6 Å². The highest BCUT2D eigenvalue weighted by molar-refractivity contribution is 6.13. The third-order valence-electron chi connectivity index (χ3n) is 11.2. The van der Waals surface area contributed by atoms with E-state index in [1.807, 2.05) is 13.8 Å². The Morgan fingerprint density at radius 1 is 0.768 bits per heavy atom. The van der Waals surface area contributed by atoms with Gasteiger partial charge in [0.15, 0.2) is 0 Å². The van der Waals surface area contributed by atoms with Crippen LogP contribution in [0.5, 0.6) is 11.5 Å². The standard InChI is InChI=1S/C46H51N13O10/c1-7-58-32(20-26(3)52-58)42(64)50-45-48-30-22-28(41(47)63)24-34(68-6)39(30)56(45)16-9-10-17-57-40-31(49-46(57)51-43(65)33-21-27(4)53-59(33)8-2)23-29(44(66)67)25-35(40)69-19-11-15-54(5)36(60)14-18-55-37(61)12-13-38(55)62/h9-10,12-13,20-25H,7-8,11,14-19H2,1-6H3,(H2,47,63)(H,66,67)(H,48,50,64)(H,49,51,65)/b10-9+. The van der Waals surface area contributed by atoms with Gasteiger partial charge in [-0.15, -0.1) is 0 Å². The number of carbonyl (C=O) groups is 7. The highest BCUT2D eigenvalue weighted by Gasteiger charge is 2.26. The van der Waals surface area contributed by atoms with E-state index >= 15 is 0 Å². The van der Waals surface area contributed by atoms with E-state index in [9.17, 15) is 38.7 Å². The Labute approximate surface area is 394 Å². The summed E-state index contributed by atoms with van der Waals surface area (Å²) < 4.78 is 18.4. The summed E-state index contributed by atoms with van der Waals surface area (Å²) in [4.78, 5) is 101. The Hall–Kier alpha value is -8.63. The zero-order valence-corrected chi connectivity index (χ0v) is 38.8. The van der Waals surface area contributed by atoms with Crippen LogP contribution in [0.4, 0.5) is 11.9 Å². The van der Waals surface area contributed by atoms with Crippen molar-refractivity contribution >= 4 is 75.4 Å². The van der Waals surface area contributed by atoms with Crippen LogP contribution in [0.3, 0.4) is 0 Å². The number of rotatable bonds is 21. The van der Waals surface area contributed by atoms with Crippen molar-refractivity contribution in [1.82, 2.24) is 48.5 Å². The van der Waals surface area contributed by atoms with E-state index in [2.05, 4.69) is 30.8 Å². The molecule has 23 heteroatoms. The number of carboxylic acids is 1. The summed E-state index contributed by atoms with van der Waals surface area (Å²) >= 11 is 0. The number of aryl methyl sites for hydroxylation is 4. The zero-order chi connectivity index (χ0) is 49.7. The quantitative estimate of drug-likeness (QED) is 0.0456. The number of aromatic carboxylic acids is 1. The number of hydrogen-bond acceptors (Lipinski definition) is 13. The van der Waals surface area contributed by atoms with Crippen molar-refractivity contribution < 1.29 is 48.1 Å². The van der Waals surface area contributed by atoms with E-state index in [1.165, 1.54) is 36.3 Å². The maximum absolute atomic E-state index is 13.9. The second-order valence-electron chi connectivity index (χ2n) is 15.9. The Kier molecular flexibility index (Phi) is 14.3. The average molecular weight is 946 g/mol. The van der Waals surface area contributed by atoms with Crippen LogP contribution in [0.15, 0.2) is 60.7 Å². The van der Waals surface area contributed by atoms with Crippen molar-refractivity contribution in [2.75, 3.05) is 44.5 Å². The molecule has 0 aliphatic carbocycles. The number of nitrogens with one attached hydrogen (secondary N) is 2. The molecule has 0 bridgehead atoms. The Balaban J connectivity index is 1.20. The molecule has 1 aliphatic heterocycles. The van der Waals surface area contributed by atoms with Gasteiger partial charge in [0.1, 0.15) is 33.9 Å². The summed E-state index contributed by atoms with van der Waals surface area (Å²) in [6.07, 6.45) is 6.09. The topological polar surface area (TPSA) is 286 Å². The van der Waals surface area contributed by atoms with Crippen molar-refractivity contribution in [2.24, 2.45) is 5.73 Å². The molecule has 0 saturated heterocycles. The van der Waals surface area contributed by atoms with Crippen molar-refractivity contribution in [3.63, 3.8) is 0 Å². The molecule has 1 aliphatic rings. The Bertz CT molecular complexity index is 3080. The molecule has 0 fully saturated rings. The molecule has 5 N–H and O–H groups in total. The normalized spacial score (nSPS) is 12.5. The molecule has 360 valence electrons. The molecule has 7 rings (SSSR count). The molecule has 5 heterocycles. The van der Waals surface area contributed by atoms with Crippen LogP contribution < -0.4 is 25.8 Å². The van der Waals surface area contributed by atoms with Crippen LogP contribution in [0.1, 0.15) is 79.8 Å². The van der Waals surface area contributed by atoms with Crippen molar-refractivity contribution in [2.45, 2.75) is 66.7 Å². The van der Waals surface area contributed by atoms with Crippen LogP contribution in [0.25, 0.3) is 22.1 Å². The number of amides is 6. The number of nitrogens with two attached hydrogens (primary N) is 1. The van der Waals surface area contributed by atoms with Gasteiger partial charge in [0, 0.05) is 70.5 Å². The van der Waals surface area contributed by atoms with Crippen molar-refractivity contribution in [1.29, 1.82) is 0 Å². The number of fused-ring (bicyclic) bond motifs is 2. The van der Waals surface area contributed by atoms with Crippen LogP contribution in [-0.2, 0) is 40.6 Å². The van der Waals surface area contributed by atoms with Gasteiger partial charge in [-0.25, -0.2) is 14.8 Å². The van der Waals surface area contributed by atoms with Gasteiger partial charge in [0.2, 0.25) is 23.7 Å². The van der Waals surface area contributed by atoms with Gasteiger partial charge in [-0.1, -0.05) is 12.2 Å². The summed E-state index contributed by atoms with van der Waals surface area (Å²) in [6, 6.07) is 8.99. The lowest BCUT2D eigenvalue weighted by Crippen LogP contribution is -2.36. The minimum absolute atomic E-state index is 0.0284. The summed E-state index contributed by atoms with van der Waals surface area (Å²) in [5.74, 6) is -3.61. The van der Waals surface area contributed by atoms with E-state index in [-0.39, 0.29) is 90.8 Å². The van der Waals surface area contributed by atoms with Crippen molar-refractivity contribution in [3.8, 4) is 11.5 Å². The molecule has 6 amide bonds. The molecule has 0 spiro atoms. The number of ether oxygens (including phenoxy) is 2. The SMILES string of the molecule is CCn1nc(C)cc1C(=O)Nc1nc2cc(C(N)=O)cc(OC)c2n1C/C=C/Cn1c(NC(=O)c2cc(C)nn2CC)nc2cc(C(=O)O)cc(OCCCN(C)C(=O)CCN3C(=O)C=CC3=O)c21. The number of benzene rings is 2. The Morgan fingerprint density at radius 2 is 1.28 bits per heavy atom. The van der Waals surface area contributed by atoms with Crippen LogP contribution >= 0.6 is 0 Å². The first-order chi connectivity index (χ1) is 33.0. The molecule has 4 aromatic heterocycles. The molecular weight excluding hydrogens is 895 g/mol. The molecule has 6 aromatic rings. The number of imidazole rings is 2. The van der Waals surface area contributed by atoms with Crippen LogP contribution in [0.2, 0.25) is 0 Å². The number of allylic oxidation sites excluding steroid dienone is 2. The predicted molar refractivity (Wildman–Crippen MR) is 250 cm³/mol. The number of anilines is 2. The molecule has 0 saturated carbocycles. The van der Waals surface area contributed by atoms with E-state index in [1.54, 1.807) is 63.7 Å². The molecule has 2 aromatic carbocycles. The molecule has 0 radical (unpaired) electrons. The Morgan fingerprint density at radius 3 is 1.77 bits per heavy atom. The molecule has 23 nitrogen and oxygen atoms in total. The highest BCUT2D eigenvalue weighted by atomic mass is 16.5. The van der Waals surface area contributed by atoms with Gasteiger partial charge < -0.3 is 34.3 Å². The van der Waals surface area contributed by atoms with E-state index in [4.69, 9.17) is 15.2 Å². The van der Waals surface area contributed by atoms with Gasteiger partial charge >= 0.3 is 5.97 Å². The summed E-state index contributed by atoms with van der Waals surface area (Å²) in [5, 5.41) is 24.6. The second-order valence-corrected chi connectivity index (χ2v) is 15.9. The third kappa shape index (κ3) is 10.4. The fourth-order valence-corrected chi connectivity index (χ4v) is 7.83. The number of hydrogen-bond donors (Lipinski definition) is 4. The zero-order valence-electron chi connectivity index (χ0n) is 38.8. The van der Waals surface area contributed by atoms with E-state index < -0.39 is 35.5 Å². The van der Waals surface area contributed by atoms with Crippen molar-refractivity contribution in [3.05, 3.63) is 94.6 Å². The number of nitrogens with zero attached hydrogens (tertiary/aromatic N) is 10. The average Bonchev–Trinajstić information content (AvgIpc) is 4.14. The molecule has 69 heavy (non-hydrogen) atoms. The van der Waals surface area contributed by atoms with Crippen LogP contribution in [-0.4, -0.2) is 129 Å². The first-order valence-corrected chi connectivity index (χ1v) is 21.9. The summed E-state index contributed by atoms with van der Waals surface area (Å²) in [5.41, 5.74) is 8.81. The van der Waals surface area contributed by atoms with Gasteiger partial charge in [0.05, 0.1) is 41.7 Å². The van der Waals surface area contributed by atoms with Crippen LogP contribution in [0, 0.1) is 13.8 Å². The predicted octanol–water partition coefficient (Wildman–Crippen LogP) is 3.54. The lowest BCUT2D eigenvalue weighted by Gasteiger charge is -2.19. The second kappa shape index (κ2) is 20.5. The fraction of sp³-hybridized carbons (Fsp3) is 0.326. The lowest BCUT2D eigenvalue weighted by atomic mass is 10.1. The van der Waals surface area contributed by atoms with E-state index in [0.29, 0.717) is 53.1 Å². The number of primary amides is 1. The van der Waals surface area contributed by atoms with Gasteiger partial charge in [-0.3, -0.25) is 53.7 Å². The maximum atomic E-state index is 13.9. The van der Waals surface area contributed by atoms with Gasteiger partial charge in [-0.05, 0) is 70.5 Å². The van der Waals surface area contributed by atoms with Gasteiger partial charge in [-0.2, -0.15) is 10.2 Å².